The molecule has 0 spiro atoms. The molecule has 3 aromatic heterocycles. The van der Waals surface area contributed by atoms with Crippen molar-refractivity contribution in [3.05, 3.63) is 54.1 Å². The Morgan fingerprint density at radius 3 is 3.09 bits per heavy atom. The number of nitrogens with two attached hydrogens (primary N) is 1. The van der Waals surface area contributed by atoms with Crippen LogP contribution in [0, 0.1) is 0 Å². The van der Waals surface area contributed by atoms with Gasteiger partial charge in [0, 0.05) is 30.6 Å². The Morgan fingerprint density at radius 2 is 2.30 bits per heavy atom. The summed E-state index contributed by atoms with van der Waals surface area (Å²) >= 11 is 0. The first-order valence-electron chi connectivity index (χ1n) is 7.96. The Labute approximate surface area is 134 Å². The van der Waals surface area contributed by atoms with E-state index in [0.717, 1.165) is 54.9 Å². The standard InChI is InChI=1S/C17H19N5O/c18-13-5-3-12(4-6-13)15-10-19-16(22-11-20-21-17(15)22)8-7-14-2-1-9-23-14/h1-3,9-11,13H,4-8,18H2. The fraction of sp³-hybridized carbons (Fsp3) is 0.353. The van der Waals surface area contributed by atoms with E-state index < -0.39 is 0 Å². The first kappa shape index (κ1) is 14.1. The lowest BCUT2D eigenvalue weighted by atomic mass is 9.92. The van der Waals surface area contributed by atoms with E-state index in [9.17, 15) is 0 Å². The highest BCUT2D eigenvalue weighted by Crippen LogP contribution is 2.28. The second-order valence-corrected chi connectivity index (χ2v) is 5.96. The number of furan rings is 1. The predicted octanol–water partition coefficient (Wildman–Crippen LogP) is 2.40. The van der Waals surface area contributed by atoms with Crippen molar-refractivity contribution in [1.29, 1.82) is 0 Å². The molecule has 0 saturated heterocycles. The third-order valence-corrected chi connectivity index (χ3v) is 4.38. The summed E-state index contributed by atoms with van der Waals surface area (Å²) in [7, 11) is 0. The molecule has 0 fully saturated rings. The van der Waals surface area contributed by atoms with E-state index in [4.69, 9.17) is 10.2 Å². The smallest absolute Gasteiger partial charge is 0.171 e. The van der Waals surface area contributed by atoms with Crippen LogP contribution in [0.4, 0.5) is 0 Å². The molecule has 2 N–H and O–H groups in total. The zero-order valence-corrected chi connectivity index (χ0v) is 12.9. The molecule has 118 valence electrons. The monoisotopic (exact) mass is 309 g/mol. The van der Waals surface area contributed by atoms with E-state index in [-0.39, 0.29) is 6.04 Å². The molecule has 1 aliphatic rings. The quantitative estimate of drug-likeness (QED) is 0.800. The highest BCUT2D eigenvalue weighted by atomic mass is 16.3. The topological polar surface area (TPSA) is 82.2 Å². The van der Waals surface area contributed by atoms with E-state index in [1.165, 1.54) is 5.57 Å². The first-order chi connectivity index (χ1) is 11.3. The summed E-state index contributed by atoms with van der Waals surface area (Å²) in [6, 6.07) is 4.15. The summed E-state index contributed by atoms with van der Waals surface area (Å²) in [5, 5.41) is 8.37. The van der Waals surface area contributed by atoms with Crippen LogP contribution < -0.4 is 5.73 Å². The number of hydrogen-bond donors (Lipinski definition) is 1. The summed E-state index contributed by atoms with van der Waals surface area (Å²) in [5.74, 6) is 1.90. The van der Waals surface area contributed by atoms with Crippen molar-refractivity contribution in [2.45, 2.75) is 38.1 Å². The zero-order chi connectivity index (χ0) is 15.6. The van der Waals surface area contributed by atoms with Crippen molar-refractivity contribution in [3.63, 3.8) is 0 Å². The molecule has 0 aliphatic heterocycles. The molecule has 0 radical (unpaired) electrons. The minimum atomic E-state index is 0.271. The lowest BCUT2D eigenvalue weighted by molar-refractivity contribution is 0.506. The van der Waals surface area contributed by atoms with Gasteiger partial charge in [-0.15, -0.1) is 10.2 Å². The van der Waals surface area contributed by atoms with Gasteiger partial charge in [0.15, 0.2) is 5.65 Å². The molecule has 6 nitrogen and oxygen atoms in total. The maximum absolute atomic E-state index is 5.98. The van der Waals surface area contributed by atoms with Crippen LogP contribution in [0.2, 0.25) is 0 Å². The molecule has 0 amide bonds. The molecule has 0 saturated carbocycles. The Bertz CT molecular complexity index is 834. The Morgan fingerprint density at radius 1 is 1.35 bits per heavy atom. The van der Waals surface area contributed by atoms with Crippen molar-refractivity contribution in [3.8, 4) is 0 Å². The Balaban J connectivity index is 1.65. The maximum atomic E-state index is 5.98. The van der Waals surface area contributed by atoms with Gasteiger partial charge < -0.3 is 10.2 Å². The van der Waals surface area contributed by atoms with Gasteiger partial charge in [-0.25, -0.2) is 4.98 Å². The number of fused-ring (bicyclic) bond motifs is 1. The highest BCUT2D eigenvalue weighted by molar-refractivity contribution is 5.75. The van der Waals surface area contributed by atoms with Gasteiger partial charge in [0.25, 0.3) is 0 Å². The minimum absolute atomic E-state index is 0.271. The van der Waals surface area contributed by atoms with Gasteiger partial charge in [-0.3, -0.25) is 4.40 Å². The van der Waals surface area contributed by atoms with Gasteiger partial charge in [0.1, 0.15) is 17.9 Å². The zero-order valence-electron chi connectivity index (χ0n) is 12.9. The highest BCUT2D eigenvalue weighted by Gasteiger charge is 2.17. The van der Waals surface area contributed by atoms with Crippen LogP contribution in [0.1, 0.15) is 36.4 Å². The van der Waals surface area contributed by atoms with Gasteiger partial charge >= 0.3 is 0 Å². The molecular weight excluding hydrogens is 290 g/mol. The van der Waals surface area contributed by atoms with Crippen molar-refractivity contribution in [2.24, 2.45) is 5.73 Å². The van der Waals surface area contributed by atoms with Gasteiger partial charge in [-0.05, 0) is 37.0 Å². The average Bonchev–Trinajstić information content (AvgIpc) is 3.25. The van der Waals surface area contributed by atoms with E-state index in [0.29, 0.717) is 0 Å². The molecule has 1 unspecified atom stereocenters. The van der Waals surface area contributed by atoms with Gasteiger partial charge in [-0.1, -0.05) is 6.08 Å². The Hall–Kier alpha value is -2.47. The van der Waals surface area contributed by atoms with Crippen LogP contribution in [-0.2, 0) is 12.8 Å². The van der Waals surface area contributed by atoms with Gasteiger partial charge in [0.05, 0.1) is 6.26 Å². The van der Waals surface area contributed by atoms with Crippen LogP contribution >= 0.6 is 0 Å². The van der Waals surface area contributed by atoms with Crippen molar-refractivity contribution >= 4 is 11.2 Å². The van der Waals surface area contributed by atoms with Crippen molar-refractivity contribution in [2.75, 3.05) is 0 Å². The molecular formula is C17H19N5O. The fourth-order valence-electron chi connectivity index (χ4n) is 3.07. The molecule has 6 heteroatoms. The second-order valence-electron chi connectivity index (χ2n) is 5.96. The molecule has 0 aromatic carbocycles. The number of rotatable bonds is 4. The SMILES string of the molecule is NC1CC=C(c2cnc(CCc3ccco3)n3cnnc23)CC1. The number of aromatic nitrogens is 4. The number of allylic oxidation sites excluding steroid dienone is 1. The normalized spacial score (nSPS) is 18.3. The lowest BCUT2D eigenvalue weighted by Gasteiger charge is -2.18. The molecule has 1 atom stereocenters. The van der Waals surface area contributed by atoms with E-state index in [1.54, 1.807) is 12.6 Å². The molecule has 3 heterocycles. The maximum Gasteiger partial charge on any atom is 0.171 e. The lowest BCUT2D eigenvalue weighted by Crippen LogP contribution is -2.21. The summed E-state index contributed by atoms with van der Waals surface area (Å²) in [6.45, 7) is 0. The van der Waals surface area contributed by atoms with E-state index in [1.807, 2.05) is 22.7 Å². The van der Waals surface area contributed by atoms with Crippen LogP contribution in [-0.4, -0.2) is 25.6 Å². The van der Waals surface area contributed by atoms with Gasteiger partial charge in [-0.2, -0.15) is 0 Å². The first-order valence-corrected chi connectivity index (χ1v) is 7.96. The summed E-state index contributed by atoms with van der Waals surface area (Å²) in [5.41, 5.74) is 9.19. The summed E-state index contributed by atoms with van der Waals surface area (Å²) < 4.78 is 7.37. The molecule has 23 heavy (non-hydrogen) atoms. The number of hydrogen-bond acceptors (Lipinski definition) is 5. The number of aryl methyl sites for hydroxylation is 2. The van der Waals surface area contributed by atoms with Crippen molar-refractivity contribution < 1.29 is 4.42 Å². The predicted molar refractivity (Wildman–Crippen MR) is 86.7 cm³/mol. The van der Waals surface area contributed by atoms with Crippen LogP contribution in [0.3, 0.4) is 0 Å². The van der Waals surface area contributed by atoms with Crippen LogP contribution in [0.25, 0.3) is 11.2 Å². The molecule has 4 rings (SSSR count). The van der Waals surface area contributed by atoms with E-state index in [2.05, 4.69) is 21.3 Å². The third kappa shape index (κ3) is 2.77. The third-order valence-electron chi connectivity index (χ3n) is 4.38. The summed E-state index contributed by atoms with van der Waals surface area (Å²) in [4.78, 5) is 4.64. The largest absolute Gasteiger partial charge is 0.469 e. The van der Waals surface area contributed by atoms with Crippen LogP contribution in [0.5, 0.6) is 0 Å². The summed E-state index contributed by atoms with van der Waals surface area (Å²) in [6.07, 6.45) is 12.0. The van der Waals surface area contributed by atoms with Crippen LogP contribution in [0.15, 0.2) is 41.4 Å². The minimum Gasteiger partial charge on any atom is -0.469 e. The average molecular weight is 309 g/mol. The van der Waals surface area contributed by atoms with Gasteiger partial charge in [0.2, 0.25) is 0 Å². The molecule has 1 aliphatic carbocycles. The van der Waals surface area contributed by atoms with Crippen molar-refractivity contribution in [1.82, 2.24) is 19.6 Å². The number of nitrogens with zero attached hydrogens (tertiary/aromatic N) is 4. The molecule has 3 aromatic rings. The second kappa shape index (κ2) is 5.96. The molecule has 0 bridgehead atoms. The fourth-order valence-corrected chi connectivity index (χ4v) is 3.07. The van der Waals surface area contributed by atoms with E-state index >= 15 is 0 Å². The Kier molecular flexibility index (Phi) is 3.67.